The summed E-state index contributed by atoms with van der Waals surface area (Å²) >= 11 is 0. The highest BCUT2D eigenvalue weighted by molar-refractivity contribution is 5.92. The maximum atomic E-state index is 12.3. The summed E-state index contributed by atoms with van der Waals surface area (Å²) in [5.41, 5.74) is 6.22. The number of hydrogen-bond donors (Lipinski definition) is 1. The quantitative estimate of drug-likeness (QED) is 0.936. The molecule has 0 radical (unpaired) electrons. The van der Waals surface area contributed by atoms with Gasteiger partial charge in [0.15, 0.2) is 0 Å². The molecule has 0 spiro atoms. The molecule has 5 heteroatoms. The van der Waals surface area contributed by atoms with Gasteiger partial charge in [-0.05, 0) is 24.6 Å². The SMILES string of the molecule is N[C@H]1CCN(C(=O)c2cc(Oc3ccccc3)ccn2)C1. The Bertz CT molecular complexity index is 630. The molecule has 2 aromatic rings. The van der Waals surface area contributed by atoms with Crippen molar-refractivity contribution in [1.29, 1.82) is 0 Å². The molecule has 1 aromatic carbocycles. The van der Waals surface area contributed by atoms with Crippen LogP contribution in [-0.2, 0) is 0 Å². The van der Waals surface area contributed by atoms with Gasteiger partial charge >= 0.3 is 0 Å². The zero-order chi connectivity index (χ0) is 14.7. The van der Waals surface area contributed by atoms with Crippen LogP contribution < -0.4 is 10.5 Å². The molecule has 3 rings (SSSR count). The van der Waals surface area contributed by atoms with Crippen LogP contribution in [0.1, 0.15) is 16.9 Å². The molecule has 1 fully saturated rings. The Morgan fingerprint density at radius 2 is 2.05 bits per heavy atom. The Kier molecular flexibility index (Phi) is 3.83. The Morgan fingerprint density at radius 1 is 1.24 bits per heavy atom. The number of nitrogens with zero attached hydrogens (tertiary/aromatic N) is 2. The molecule has 1 atom stereocenters. The van der Waals surface area contributed by atoms with Crippen LogP contribution in [0.15, 0.2) is 48.7 Å². The zero-order valence-corrected chi connectivity index (χ0v) is 11.6. The van der Waals surface area contributed by atoms with Crippen LogP contribution in [0.2, 0.25) is 0 Å². The van der Waals surface area contributed by atoms with Gasteiger partial charge in [0.25, 0.3) is 5.91 Å². The number of carbonyl (C=O) groups excluding carboxylic acids is 1. The van der Waals surface area contributed by atoms with E-state index < -0.39 is 0 Å². The summed E-state index contributed by atoms with van der Waals surface area (Å²) in [6.07, 6.45) is 2.42. The Morgan fingerprint density at radius 3 is 2.76 bits per heavy atom. The van der Waals surface area contributed by atoms with E-state index in [-0.39, 0.29) is 11.9 Å². The topological polar surface area (TPSA) is 68.5 Å². The fourth-order valence-electron chi connectivity index (χ4n) is 2.35. The van der Waals surface area contributed by atoms with Crippen molar-refractivity contribution < 1.29 is 9.53 Å². The van der Waals surface area contributed by atoms with E-state index in [1.165, 1.54) is 0 Å². The van der Waals surface area contributed by atoms with Crippen molar-refractivity contribution in [3.63, 3.8) is 0 Å². The molecule has 1 amide bonds. The first kappa shape index (κ1) is 13.6. The molecular formula is C16H17N3O2. The van der Waals surface area contributed by atoms with Gasteiger partial charge in [-0.3, -0.25) is 9.78 Å². The second kappa shape index (κ2) is 5.93. The van der Waals surface area contributed by atoms with Crippen LogP contribution >= 0.6 is 0 Å². The van der Waals surface area contributed by atoms with E-state index in [1.54, 1.807) is 23.2 Å². The highest BCUT2D eigenvalue weighted by atomic mass is 16.5. The van der Waals surface area contributed by atoms with Crippen LogP contribution in [0.3, 0.4) is 0 Å². The third-order valence-electron chi connectivity index (χ3n) is 3.44. The van der Waals surface area contributed by atoms with E-state index in [9.17, 15) is 4.79 Å². The van der Waals surface area contributed by atoms with Gasteiger partial charge in [0.05, 0.1) is 0 Å². The zero-order valence-electron chi connectivity index (χ0n) is 11.6. The summed E-state index contributed by atoms with van der Waals surface area (Å²) in [4.78, 5) is 18.2. The minimum Gasteiger partial charge on any atom is -0.457 e. The average molecular weight is 283 g/mol. The molecule has 0 unspecified atom stereocenters. The summed E-state index contributed by atoms with van der Waals surface area (Å²) in [6, 6.07) is 12.9. The number of amides is 1. The average Bonchev–Trinajstić information content (AvgIpc) is 2.94. The maximum Gasteiger partial charge on any atom is 0.272 e. The highest BCUT2D eigenvalue weighted by Crippen LogP contribution is 2.21. The normalized spacial score (nSPS) is 17.8. The third kappa shape index (κ3) is 3.20. The molecule has 1 aliphatic rings. The molecule has 0 aliphatic carbocycles. The highest BCUT2D eigenvalue weighted by Gasteiger charge is 2.25. The number of hydrogen-bond acceptors (Lipinski definition) is 4. The minimum atomic E-state index is -0.0959. The number of aromatic nitrogens is 1. The van der Waals surface area contributed by atoms with Crippen molar-refractivity contribution in [2.45, 2.75) is 12.5 Å². The van der Waals surface area contributed by atoms with Gasteiger partial charge in [-0.15, -0.1) is 0 Å². The molecule has 108 valence electrons. The second-order valence-electron chi connectivity index (χ2n) is 5.09. The summed E-state index contributed by atoms with van der Waals surface area (Å²) < 4.78 is 5.72. The van der Waals surface area contributed by atoms with E-state index in [2.05, 4.69) is 4.98 Å². The van der Waals surface area contributed by atoms with Gasteiger partial charge in [0, 0.05) is 31.4 Å². The largest absolute Gasteiger partial charge is 0.457 e. The smallest absolute Gasteiger partial charge is 0.272 e. The van der Waals surface area contributed by atoms with Crippen LogP contribution in [0, 0.1) is 0 Å². The standard InChI is InChI=1S/C16H17N3O2/c17-12-7-9-19(11-12)16(20)15-10-14(6-8-18-15)21-13-4-2-1-3-5-13/h1-6,8,10,12H,7,9,11,17H2/t12-/m0/s1. The molecule has 5 nitrogen and oxygen atoms in total. The number of carbonyl (C=O) groups is 1. The second-order valence-corrected chi connectivity index (χ2v) is 5.09. The van der Waals surface area contributed by atoms with E-state index in [0.29, 0.717) is 24.5 Å². The number of para-hydroxylation sites is 1. The fraction of sp³-hybridized carbons (Fsp3) is 0.250. The van der Waals surface area contributed by atoms with Crippen LogP contribution in [-0.4, -0.2) is 34.9 Å². The third-order valence-corrected chi connectivity index (χ3v) is 3.44. The Hall–Kier alpha value is -2.40. The van der Waals surface area contributed by atoms with Crippen molar-refractivity contribution in [1.82, 2.24) is 9.88 Å². The first-order valence-corrected chi connectivity index (χ1v) is 6.96. The number of likely N-dealkylation sites (tertiary alicyclic amines) is 1. The maximum absolute atomic E-state index is 12.3. The lowest BCUT2D eigenvalue weighted by Gasteiger charge is -2.15. The predicted molar refractivity (Wildman–Crippen MR) is 79.2 cm³/mol. The summed E-state index contributed by atoms with van der Waals surface area (Å²) in [6.45, 7) is 1.27. The van der Waals surface area contributed by atoms with Gasteiger partial charge in [0.1, 0.15) is 17.2 Å². The van der Waals surface area contributed by atoms with Crippen molar-refractivity contribution >= 4 is 5.91 Å². The number of nitrogens with two attached hydrogens (primary N) is 1. The van der Waals surface area contributed by atoms with E-state index in [1.807, 2.05) is 30.3 Å². The molecular weight excluding hydrogens is 266 g/mol. The number of ether oxygens (including phenoxy) is 1. The van der Waals surface area contributed by atoms with E-state index in [4.69, 9.17) is 10.5 Å². The Labute approximate surface area is 123 Å². The molecule has 0 bridgehead atoms. The predicted octanol–water partition coefficient (Wildman–Crippen LogP) is 2.05. The van der Waals surface area contributed by atoms with Gasteiger partial charge < -0.3 is 15.4 Å². The summed E-state index contributed by atoms with van der Waals surface area (Å²) in [7, 11) is 0. The number of rotatable bonds is 3. The molecule has 21 heavy (non-hydrogen) atoms. The minimum absolute atomic E-state index is 0.0673. The lowest BCUT2D eigenvalue weighted by Crippen LogP contribution is -2.32. The first-order chi connectivity index (χ1) is 10.2. The van der Waals surface area contributed by atoms with Crippen LogP contribution in [0.4, 0.5) is 0 Å². The first-order valence-electron chi connectivity index (χ1n) is 6.96. The van der Waals surface area contributed by atoms with Crippen LogP contribution in [0.25, 0.3) is 0 Å². The number of benzene rings is 1. The molecule has 1 aliphatic heterocycles. The number of pyridine rings is 1. The molecule has 1 saturated heterocycles. The monoisotopic (exact) mass is 283 g/mol. The lowest BCUT2D eigenvalue weighted by atomic mass is 10.3. The van der Waals surface area contributed by atoms with Crippen molar-refractivity contribution in [2.24, 2.45) is 5.73 Å². The van der Waals surface area contributed by atoms with E-state index in [0.717, 1.165) is 12.2 Å². The van der Waals surface area contributed by atoms with E-state index >= 15 is 0 Å². The van der Waals surface area contributed by atoms with Crippen molar-refractivity contribution in [2.75, 3.05) is 13.1 Å². The molecule has 1 aromatic heterocycles. The van der Waals surface area contributed by atoms with Gasteiger partial charge in [-0.25, -0.2) is 0 Å². The van der Waals surface area contributed by atoms with Crippen LogP contribution in [0.5, 0.6) is 11.5 Å². The molecule has 2 heterocycles. The van der Waals surface area contributed by atoms with Gasteiger partial charge in [0.2, 0.25) is 0 Å². The van der Waals surface area contributed by atoms with Crippen molar-refractivity contribution in [3.8, 4) is 11.5 Å². The van der Waals surface area contributed by atoms with Crippen molar-refractivity contribution in [3.05, 3.63) is 54.4 Å². The fourth-order valence-corrected chi connectivity index (χ4v) is 2.35. The molecule has 0 saturated carbocycles. The molecule has 2 N–H and O–H groups in total. The van der Waals surface area contributed by atoms with Gasteiger partial charge in [-0.1, -0.05) is 18.2 Å². The summed E-state index contributed by atoms with van der Waals surface area (Å²) in [5, 5.41) is 0. The summed E-state index contributed by atoms with van der Waals surface area (Å²) in [5.74, 6) is 1.23. The lowest BCUT2D eigenvalue weighted by molar-refractivity contribution is 0.0784. The Balaban J connectivity index is 1.75. The van der Waals surface area contributed by atoms with Gasteiger partial charge in [-0.2, -0.15) is 0 Å².